The van der Waals surface area contributed by atoms with Gasteiger partial charge in [0.15, 0.2) is 0 Å². The highest BCUT2D eigenvalue weighted by Gasteiger charge is 2.63. The Morgan fingerprint density at radius 3 is 2.25 bits per heavy atom. The van der Waals surface area contributed by atoms with Crippen molar-refractivity contribution in [3.8, 4) is 0 Å². The fraction of sp³-hybridized carbons (Fsp3) is 0.500. The molecule has 0 unspecified atom stereocenters. The van der Waals surface area contributed by atoms with Crippen molar-refractivity contribution in [3.05, 3.63) is 29.8 Å². The first-order chi connectivity index (χ1) is 11.0. The summed E-state index contributed by atoms with van der Waals surface area (Å²) in [6.45, 7) is 3.32. The second kappa shape index (κ2) is 6.08. The Hall–Kier alpha value is -2.09. The van der Waals surface area contributed by atoms with Crippen molar-refractivity contribution in [2.75, 3.05) is 19.0 Å². The van der Waals surface area contributed by atoms with E-state index in [9.17, 15) is 23.1 Å². The van der Waals surface area contributed by atoms with Gasteiger partial charge in [0.2, 0.25) is 0 Å². The molecule has 1 N–H and O–H groups in total. The zero-order chi connectivity index (χ0) is 18.3. The minimum atomic E-state index is -5.01. The zero-order valence-electron chi connectivity index (χ0n) is 13.9. The lowest BCUT2D eigenvalue weighted by Gasteiger charge is -2.32. The summed E-state index contributed by atoms with van der Waals surface area (Å²) in [5.74, 6) is -1.30. The third-order valence-corrected chi connectivity index (χ3v) is 3.95. The highest BCUT2D eigenvalue weighted by Crippen LogP contribution is 2.42. The van der Waals surface area contributed by atoms with E-state index in [4.69, 9.17) is 0 Å². The van der Waals surface area contributed by atoms with E-state index in [2.05, 4.69) is 5.10 Å². The minimum Gasteiger partial charge on any atom is -0.378 e. The van der Waals surface area contributed by atoms with Crippen LogP contribution in [-0.2, 0) is 0 Å². The van der Waals surface area contributed by atoms with Gasteiger partial charge in [0.1, 0.15) is 0 Å². The van der Waals surface area contributed by atoms with Crippen molar-refractivity contribution in [2.45, 2.75) is 32.2 Å². The SMILES string of the molecule is CC(C)C1=NN(C(=O)c2ccc(N(C)C)cc2)[C@](O)(C(F)(F)F)C1. The molecule has 0 aliphatic carbocycles. The summed E-state index contributed by atoms with van der Waals surface area (Å²) in [6.07, 6.45) is -5.75. The number of carbonyl (C=O) groups excluding carboxylic acids is 1. The summed E-state index contributed by atoms with van der Waals surface area (Å²) in [5.41, 5.74) is -2.36. The zero-order valence-corrected chi connectivity index (χ0v) is 13.9. The standard InChI is InChI=1S/C16H20F3N3O2/c1-10(2)13-9-15(24,16(17,18)19)22(20-13)14(23)11-5-7-12(8-6-11)21(3)4/h5-8,10,24H,9H2,1-4H3/t15-/m1/s1. The number of carbonyl (C=O) groups is 1. The fourth-order valence-electron chi connectivity index (χ4n) is 2.35. The average molecular weight is 343 g/mol. The number of amides is 1. The van der Waals surface area contributed by atoms with Crippen LogP contribution in [-0.4, -0.2) is 47.7 Å². The van der Waals surface area contributed by atoms with Gasteiger partial charge >= 0.3 is 6.18 Å². The lowest BCUT2D eigenvalue weighted by Crippen LogP contribution is -2.56. The van der Waals surface area contributed by atoms with Crippen LogP contribution >= 0.6 is 0 Å². The lowest BCUT2D eigenvalue weighted by molar-refractivity contribution is -0.297. The van der Waals surface area contributed by atoms with E-state index in [0.717, 1.165) is 5.69 Å². The lowest BCUT2D eigenvalue weighted by atomic mass is 9.98. The summed E-state index contributed by atoms with van der Waals surface area (Å²) in [4.78, 5) is 14.3. The fourth-order valence-corrected chi connectivity index (χ4v) is 2.35. The van der Waals surface area contributed by atoms with Gasteiger partial charge in [-0.3, -0.25) is 4.79 Å². The molecule has 1 heterocycles. The Morgan fingerprint density at radius 2 is 1.83 bits per heavy atom. The molecule has 0 aromatic heterocycles. The van der Waals surface area contributed by atoms with Gasteiger partial charge < -0.3 is 10.0 Å². The van der Waals surface area contributed by atoms with Gasteiger partial charge in [0.25, 0.3) is 11.6 Å². The minimum absolute atomic E-state index is 0.0250. The van der Waals surface area contributed by atoms with Crippen LogP contribution in [0, 0.1) is 5.92 Å². The summed E-state index contributed by atoms with van der Waals surface area (Å²) < 4.78 is 40.1. The second-order valence-electron chi connectivity index (χ2n) is 6.30. The van der Waals surface area contributed by atoms with Crippen molar-refractivity contribution in [1.82, 2.24) is 5.01 Å². The number of hydrogen-bond acceptors (Lipinski definition) is 4. The number of nitrogens with zero attached hydrogens (tertiary/aromatic N) is 3. The van der Waals surface area contributed by atoms with Crippen LogP contribution in [0.15, 0.2) is 29.4 Å². The van der Waals surface area contributed by atoms with Gasteiger partial charge in [0, 0.05) is 37.5 Å². The van der Waals surface area contributed by atoms with E-state index in [1.54, 1.807) is 45.0 Å². The van der Waals surface area contributed by atoms with Crippen LogP contribution in [0.5, 0.6) is 0 Å². The summed E-state index contributed by atoms with van der Waals surface area (Å²) in [5, 5.41) is 14.1. The molecule has 132 valence electrons. The van der Waals surface area contributed by atoms with Crippen LogP contribution in [0.2, 0.25) is 0 Å². The Balaban J connectivity index is 2.40. The van der Waals surface area contributed by atoms with Crippen LogP contribution in [0.25, 0.3) is 0 Å². The van der Waals surface area contributed by atoms with Crippen LogP contribution in [0.4, 0.5) is 18.9 Å². The molecule has 1 amide bonds. The maximum atomic E-state index is 13.4. The van der Waals surface area contributed by atoms with Crippen molar-refractivity contribution < 1.29 is 23.1 Å². The molecule has 1 aliphatic rings. The smallest absolute Gasteiger partial charge is 0.378 e. The molecule has 0 saturated heterocycles. The van der Waals surface area contributed by atoms with Crippen molar-refractivity contribution in [1.29, 1.82) is 0 Å². The van der Waals surface area contributed by atoms with Gasteiger partial charge in [0.05, 0.1) is 0 Å². The maximum Gasteiger partial charge on any atom is 0.438 e. The van der Waals surface area contributed by atoms with Gasteiger partial charge in [-0.1, -0.05) is 13.8 Å². The molecule has 0 radical (unpaired) electrons. The Morgan fingerprint density at radius 1 is 1.29 bits per heavy atom. The van der Waals surface area contributed by atoms with Gasteiger partial charge in [-0.05, 0) is 30.2 Å². The summed E-state index contributed by atoms with van der Waals surface area (Å²) in [6, 6.07) is 6.06. The monoisotopic (exact) mass is 343 g/mol. The average Bonchev–Trinajstić information content (AvgIpc) is 2.86. The number of rotatable bonds is 3. The number of anilines is 1. The van der Waals surface area contributed by atoms with Crippen molar-refractivity contribution in [3.63, 3.8) is 0 Å². The highest BCUT2D eigenvalue weighted by molar-refractivity contribution is 5.99. The molecular formula is C16H20F3N3O2. The van der Waals surface area contributed by atoms with Crippen LogP contribution in [0.3, 0.4) is 0 Å². The first-order valence-electron chi connectivity index (χ1n) is 7.46. The van der Waals surface area contributed by atoms with E-state index in [0.29, 0.717) is 0 Å². The van der Waals surface area contributed by atoms with E-state index >= 15 is 0 Å². The van der Waals surface area contributed by atoms with Crippen molar-refractivity contribution >= 4 is 17.3 Å². The summed E-state index contributed by atoms with van der Waals surface area (Å²) in [7, 11) is 3.61. The number of hydrogen-bond donors (Lipinski definition) is 1. The third kappa shape index (κ3) is 3.10. The molecule has 1 atom stereocenters. The molecule has 1 aromatic carbocycles. The number of benzene rings is 1. The third-order valence-electron chi connectivity index (χ3n) is 3.95. The molecular weight excluding hydrogens is 323 g/mol. The molecule has 24 heavy (non-hydrogen) atoms. The van der Waals surface area contributed by atoms with E-state index in [1.165, 1.54) is 12.1 Å². The maximum absolute atomic E-state index is 13.4. The quantitative estimate of drug-likeness (QED) is 0.918. The van der Waals surface area contributed by atoms with Gasteiger partial charge in [-0.15, -0.1) is 0 Å². The predicted octanol–water partition coefficient (Wildman–Crippen LogP) is 2.86. The van der Waals surface area contributed by atoms with Crippen LogP contribution in [0.1, 0.15) is 30.6 Å². The summed E-state index contributed by atoms with van der Waals surface area (Å²) >= 11 is 0. The largest absolute Gasteiger partial charge is 0.438 e. The van der Waals surface area contributed by atoms with Crippen LogP contribution < -0.4 is 4.90 Å². The number of alkyl halides is 3. The Kier molecular flexibility index (Phi) is 4.63. The van der Waals surface area contributed by atoms with E-state index < -0.39 is 24.2 Å². The van der Waals surface area contributed by atoms with Crippen molar-refractivity contribution in [2.24, 2.45) is 11.0 Å². The molecule has 0 saturated carbocycles. The van der Waals surface area contributed by atoms with E-state index in [1.807, 2.05) is 0 Å². The number of hydrazone groups is 1. The molecule has 8 heteroatoms. The molecule has 0 spiro atoms. The van der Waals surface area contributed by atoms with Gasteiger partial charge in [-0.25, -0.2) is 0 Å². The van der Waals surface area contributed by atoms with Gasteiger partial charge in [-0.2, -0.15) is 23.3 Å². The molecule has 1 aliphatic heterocycles. The number of halogens is 3. The Labute approximate surface area is 138 Å². The highest BCUT2D eigenvalue weighted by atomic mass is 19.4. The van der Waals surface area contributed by atoms with E-state index in [-0.39, 0.29) is 22.2 Å². The first-order valence-corrected chi connectivity index (χ1v) is 7.46. The normalized spacial score (nSPS) is 21.2. The molecule has 1 aromatic rings. The predicted molar refractivity (Wildman–Crippen MR) is 84.8 cm³/mol. The Bertz CT molecular complexity index is 654. The molecule has 0 fully saturated rings. The topological polar surface area (TPSA) is 56.1 Å². The molecule has 2 rings (SSSR count). The first kappa shape index (κ1) is 18.3. The number of aliphatic hydroxyl groups is 1. The molecule has 0 bridgehead atoms. The second-order valence-corrected chi connectivity index (χ2v) is 6.30. The molecule has 5 nitrogen and oxygen atoms in total.